The zero-order valence-electron chi connectivity index (χ0n) is 11.6. The van der Waals surface area contributed by atoms with Gasteiger partial charge in [0.15, 0.2) is 5.78 Å². The molecule has 6 heteroatoms. The molecule has 0 heterocycles. The summed E-state index contributed by atoms with van der Waals surface area (Å²) in [6.07, 6.45) is 0. The largest absolute Gasteiger partial charge is 0.354 e. The van der Waals surface area contributed by atoms with E-state index >= 15 is 0 Å². The third-order valence-electron chi connectivity index (χ3n) is 2.44. The summed E-state index contributed by atoms with van der Waals surface area (Å²) in [4.78, 5) is 23.2. The van der Waals surface area contributed by atoms with E-state index in [1.165, 1.54) is 11.8 Å². The van der Waals surface area contributed by atoms with Gasteiger partial charge in [0, 0.05) is 18.7 Å². The predicted octanol–water partition coefficient (Wildman–Crippen LogP) is 1.75. The fraction of sp³-hybridized carbons (Fsp3) is 0.429. The lowest BCUT2D eigenvalue weighted by molar-refractivity contribution is -0.118. The Morgan fingerprint density at radius 1 is 1.10 bits per heavy atom. The number of hydrogen-bond acceptors (Lipinski definition) is 4. The van der Waals surface area contributed by atoms with Crippen LogP contribution in [0.2, 0.25) is 0 Å². The summed E-state index contributed by atoms with van der Waals surface area (Å²) in [7, 11) is 0. The number of ketones is 1. The maximum atomic E-state index is 11.8. The van der Waals surface area contributed by atoms with Crippen LogP contribution in [0.15, 0.2) is 30.3 Å². The predicted molar refractivity (Wildman–Crippen MR) is 86.9 cm³/mol. The summed E-state index contributed by atoms with van der Waals surface area (Å²) >= 11 is 1.35. The SMILES string of the molecule is CCNCCNC(=O)CSCC(=O)c1ccccc1.Cl. The van der Waals surface area contributed by atoms with Gasteiger partial charge >= 0.3 is 0 Å². The van der Waals surface area contributed by atoms with Gasteiger partial charge in [-0.2, -0.15) is 0 Å². The minimum absolute atomic E-state index is 0. The van der Waals surface area contributed by atoms with Crippen molar-refractivity contribution in [1.29, 1.82) is 0 Å². The summed E-state index contributed by atoms with van der Waals surface area (Å²) in [5.41, 5.74) is 0.697. The molecule has 1 amide bonds. The second kappa shape index (κ2) is 11.8. The lowest BCUT2D eigenvalue weighted by Gasteiger charge is -2.05. The third-order valence-corrected chi connectivity index (χ3v) is 3.37. The van der Waals surface area contributed by atoms with Gasteiger partial charge in [0.2, 0.25) is 5.91 Å². The molecule has 4 nitrogen and oxygen atoms in total. The number of likely N-dealkylation sites (N-methyl/N-ethyl adjacent to an activating group) is 1. The van der Waals surface area contributed by atoms with Crippen LogP contribution in [0.1, 0.15) is 17.3 Å². The molecule has 1 aromatic carbocycles. The van der Waals surface area contributed by atoms with Gasteiger partial charge in [-0.25, -0.2) is 0 Å². The monoisotopic (exact) mass is 316 g/mol. The van der Waals surface area contributed by atoms with Crippen molar-refractivity contribution >= 4 is 35.9 Å². The molecule has 0 fully saturated rings. The second-order valence-corrected chi connectivity index (χ2v) is 4.97. The number of benzene rings is 1. The first-order chi connectivity index (χ1) is 9.24. The van der Waals surface area contributed by atoms with Crippen molar-refractivity contribution in [3.8, 4) is 0 Å². The molecule has 20 heavy (non-hydrogen) atoms. The number of carbonyl (C=O) groups is 2. The average Bonchev–Trinajstić information content (AvgIpc) is 2.44. The van der Waals surface area contributed by atoms with E-state index in [-0.39, 0.29) is 24.1 Å². The van der Waals surface area contributed by atoms with Crippen molar-refractivity contribution in [3.63, 3.8) is 0 Å². The van der Waals surface area contributed by atoms with E-state index < -0.39 is 0 Å². The number of Topliss-reactive ketones (excluding diaryl/α,β-unsaturated/α-hetero) is 1. The van der Waals surface area contributed by atoms with E-state index in [1.807, 2.05) is 25.1 Å². The molecule has 0 atom stereocenters. The third kappa shape index (κ3) is 8.19. The number of hydrogen-bond donors (Lipinski definition) is 2. The molecule has 0 bridgehead atoms. The van der Waals surface area contributed by atoms with Crippen LogP contribution in [0.5, 0.6) is 0 Å². The summed E-state index contributed by atoms with van der Waals surface area (Å²) in [5.74, 6) is 0.699. The van der Waals surface area contributed by atoms with Gasteiger partial charge < -0.3 is 10.6 Å². The molecule has 0 aromatic heterocycles. The van der Waals surface area contributed by atoms with Crippen LogP contribution in [-0.2, 0) is 4.79 Å². The first-order valence-corrected chi connectivity index (χ1v) is 7.53. The Morgan fingerprint density at radius 2 is 1.80 bits per heavy atom. The van der Waals surface area contributed by atoms with E-state index in [2.05, 4.69) is 10.6 Å². The summed E-state index contributed by atoms with van der Waals surface area (Å²) in [6.45, 7) is 4.32. The zero-order valence-corrected chi connectivity index (χ0v) is 13.2. The molecule has 0 aliphatic carbocycles. The quantitative estimate of drug-likeness (QED) is 0.538. The maximum Gasteiger partial charge on any atom is 0.230 e. The minimum atomic E-state index is -0.0243. The lowest BCUT2D eigenvalue weighted by atomic mass is 10.2. The lowest BCUT2D eigenvalue weighted by Crippen LogP contribution is -2.32. The van der Waals surface area contributed by atoms with Gasteiger partial charge in [0.1, 0.15) is 0 Å². The molecular formula is C14H21ClN2O2S. The fourth-order valence-electron chi connectivity index (χ4n) is 1.46. The number of halogens is 1. The molecule has 1 aromatic rings. The second-order valence-electron chi connectivity index (χ2n) is 3.99. The first-order valence-electron chi connectivity index (χ1n) is 6.37. The Hall–Kier alpha value is -1.04. The highest BCUT2D eigenvalue weighted by molar-refractivity contribution is 8.00. The summed E-state index contributed by atoms with van der Waals surface area (Å²) in [6, 6.07) is 9.14. The molecule has 0 saturated carbocycles. The van der Waals surface area contributed by atoms with Crippen molar-refractivity contribution in [2.24, 2.45) is 0 Å². The smallest absolute Gasteiger partial charge is 0.230 e. The molecule has 112 valence electrons. The van der Waals surface area contributed by atoms with Crippen molar-refractivity contribution in [2.45, 2.75) is 6.92 Å². The van der Waals surface area contributed by atoms with Crippen molar-refractivity contribution in [3.05, 3.63) is 35.9 Å². The highest BCUT2D eigenvalue weighted by Gasteiger charge is 2.07. The van der Waals surface area contributed by atoms with E-state index in [4.69, 9.17) is 0 Å². The normalized spacial score (nSPS) is 9.65. The van der Waals surface area contributed by atoms with Gasteiger partial charge in [-0.3, -0.25) is 9.59 Å². The molecule has 0 aliphatic heterocycles. The number of nitrogens with one attached hydrogen (secondary N) is 2. The van der Waals surface area contributed by atoms with Crippen LogP contribution < -0.4 is 10.6 Å². The summed E-state index contributed by atoms with van der Waals surface area (Å²) in [5, 5.41) is 5.92. The zero-order chi connectivity index (χ0) is 13.9. The van der Waals surface area contributed by atoms with Crippen LogP contribution in [-0.4, -0.2) is 42.8 Å². The van der Waals surface area contributed by atoms with Gasteiger partial charge in [-0.05, 0) is 6.54 Å². The Labute approximate surface area is 130 Å². The Kier molecular flexibility index (Phi) is 11.1. The van der Waals surface area contributed by atoms with Crippen molar-refractivity contribution in [1.82, 2.24) is 10.6 Å². The van der Waals surface area contributed by atoms with E-state index in [0.717, 1.165) is 13.1 Å². The minimum Gasteiger partial charge on any atom is -0.354 e. The topological polar surface area (TPSA) is 58.2 Å². The van der Waals surface area contributed by atoms with Crippen LogP contribution in [0.3, 0.4) is 0 Å². The van der Waals surface area contributed by atoms with Crippen LogP contribution >= 0.6 is 24.2 Å². The van der Waals surface area contributed by atoms with Gasteiger partial charge in [0.25, 0.3) is 0 Å². The van der Waals surface area contributed by atoms with Crippen molar-refractivity contribution < 1.29 is 9.59 Å². The number of carbonyl (C=O) groups excluding carboxylic acids is 2. The van der Waals surface area contributed by atoms with E-state index in [9.17, 15) is 9.59 Å². The van der Waals surface area contributed by atoms with Gasteiger partial charge in [-0.1, -0.05) is 37.3 Å². The average molecular weight is 317 g/mol. The van der Waals surface area contributed by atoms with Crippen LogP contribution in [0.4, 0.5) is 0 Å². The Bertz CT molecular complexity index is 401. The maximum absolute atomic E-state index is 11.8. The molecule has 1 rings (SSSR count). The molecule has 0 unspecified atom stereocenters. The van der Waals surface area contributed by atoms with Crippen LogP contribution in [0, 0.1) is 0 Å². The standard InChI is InChI=1S/C14H20N2O2S.ClH/c1-2-15-8-9-16-14(18)11-19-10-13(17)12-6-4-3-5-7-12;/h3-7,15H,2,8-11H2,1H3,(H,16,18);1H. The molecule has 0 radical (unpaired) electrons. The fourth-order valence-corrected chi connectivity index (χ4v) is 2.20. The Morgan fingerprint density at radius 3 is 2.45 bits per heavy atom. The highest BCUT2D eigenvalue weighted by atomic mass is 35.5. The molecule has 0 saturated heterocycles. The molecule has 2 N–H and O–H groups in total. The van der Waals surface area contributed by atoms with Gasteiger partial charge in [-0.15, -0.1) is 24.2 Å². The Balaban J connectivity index is 0.00000361. The van der Waals surface area contributed by atoms with Crippen LogP contribution in [0.25, 0.3) is 0 Å². The number of rotatable bonds is 9. The first kappa shape index (κ1) is 19.0. The van der Waals surface area contributed by atoms with Gasteiger partial charge in [0.05, 0.1) is 11.5 Å². The number of amides is 1. The molecule has 0 spiro atoms. The van der Waals surface area contributed by atoms with E-state index in [1.54, 1.807) is 12.1 Å². The van der Waals surface area contributed by atoms with Crippen molar-refractivity contribution in [2.75, 3.05) is 31.1 Å². The highest BCUT2D eigenvalue weighted by Crippen LogP contribution is 2.06. The summed E-state index contributed by atoms with van der Waals surface area (Å²) < 4.78 is 0. The molecule has 0 aliphatic rings. The van der Waals surface area contributed by atoms with E-state index in [0.29, 0.717) is 23.6 Å². The number of thioether (sulfide) groups is 1. The molecular weight excluding hydrogens is 296 g/mol.